The molecule has 0 unspecified atom stereocenters. The lowest BCUT2D eigenvalue weighted by molar-refractivity contribution is 0.403. The molecule has 0 aromatic rings. The topological polar surface area (TPSA) is 0 Å². The first-order valence-electron chi connectivity index (χ1n) is 4.64. The third-order valence-electron chi connectivity index (χ3n) is 2.63. The fraction of sp³-hybridized carbons (Fsp3) is 0.636. The van der Waals surface area contributed by atoms with Crippen LogP contribution in [0.5, 0.6) is 0 Å². The third-order valence-corrected chi connectivity index (χ3v) is 2.63. The SMILES string of the molecule is C=C/C=C(/C)C1CCCCC1. The molecule has 0 amide bonds. The Morgan fingerprint density at radius 1 is 1.27 bits per heavy atom. The van der Waals surface area contributed by atoms with Crippen LogP contribution < -0.4 is 0 Å². The minimum atomic E-state index is 0.863. The zero-order valence-corrected chi connectivity index (χ0v) is 7.47. The lowest BCUT2D eigenvalue weighted by Crippen LogP contribution is -2.06. The summed E-state index contributed by atoms with van der Waals surface area (Å²) in [5.74, 6) is 0.863. The van der Waals surface area contributed by atoms with E-state index in [0.29, 0.717) is 0 Å². The Bertz CT molecular complexity index is 147. The van der Waals surface area contributed by atoms with Gasteiger partial charge in [-0.15, -0.1) is 0 Å². The minimum absolute atomic E-state index is 0.863. The summed E-state index contributed by atoms with van der Waals surface area (Å²) in [7, 11) is 0. The van der Waals surface area contributed by atoms with Crippen LogP contribution in [0.25, 0.3) is 0 Å². The van der Waals surface area contributed by atoms with Gasteiger partial charge >= 0.3 is 0 Å². The largest absolute Gasteiger partial charge is 0.0991 e. The first-order valence-corrected chi connectivity index (χ1v) is 4.64. The van der Waals surface area contributed by atoms with Crippen LogP contribution in [0.15, 0.2) is 24.3 Å². The summed E-state index contributed by atoms with van der Waals surface area (Å²) in [4.78, 5) is 0. The van der Waals surface area contributed by atoms with Crippen molar-refractivity contribution in [2.75, 3.05) is 0 Å². The zero-order chi connectivity index (χ0) is 8.10. The molecule has 11 heavy (non-hydrogen) atoms. The molecule has 0 aromatic heterocycles. The second-order valence-corrected chi connectivity index (χ2v) is 3.48. The van der Waals surface area contributed by atoms with Crippen molar-refractivity contribution in [2.24, 2.45) is 5.92 Å². The van der Waals surface area contributed by atoms with Crippen LogP contribution in [0.3, 0.4) is 0 Å². The molecule has 0 radical (unpaired) electrons. The van der Waals surface area contributed by atoms with Gasteiger partial charge in [0.2, 0.25) is 0 Å². The van der Waals surface area contributed by atoms with Gasteiger partial charge in [-0.25, -0.2) is 0 Å². The molecule has 0 heteroatoms. The van der Waals surface area contributed by atoms with E-state index in [2.05, 4.69) is 19.6 Å². The summed E-state index contributed by atoms with van der Waals surface area (Å²) < 4.78 is 0. The van der Waals surface area contributed by atoms with Crippen LogP contribution in [0.1, 0.15) is 39.0 Å². The molecule has 0 atom stereocenters. The smallest absolute Gasteiger partial charge is 0.0203 e. The van der Waals surface area contributed by atoms with Crippen molar-refractivity contribution in [3.8, 4) is 0 Å². The molecule has 1 aliphatic rings. The first kappa shape index (κ1) is 8.58. The zero-order valence-electron chi connectivity index (χ0n) is 7.47. The van der Waals surface area contributed by atoms with Gasteiger partial charge in [0.15, 0.2) is 0 Å². The average Bonchev–Trinajstić information content (AvgIpc) is 2.07. The maximum atomic E-state index is 3.72. The van der Waals surface area contributed by atoms with Crippen molar-refractivity contribution in [1.82, 2.24) is 0 Å². The van der Waals surface area contributed by atoms with Crippen LogP contribution in [-0.4, -0.2) is 0 Å². The van der Waals surface area contributed by atoms with E-state index in [1.807, 2.05) is 6.08 Å². The third kappa shape index (κ3) is 2.53. The fourth-order valence-corrected chi connectivity index (χ4v) is 1.88. The van der Waals surface area contributed by atoms with E-state index in [4.69, 9.17) is 0 Å². The summed E-state index contributed by atoms with van der Waals surface area (Å²) in [5.41, 5.74) is 1.53. The van der Waals surface area contributed by atoms with Gasteiger partial charge in [-0.3, -0.25) is 0 Å². The van der Waals surface area contributed by atoms with E-state index >= 15 is 0 Å². The molecule has 62 valence electrons. The highest BCUT2D eigenvalue weighted by Crippen LogP contribution is 2.29. The summed E-state index contributed by atoms with van der Waals surface area (Å²) in [5, 5.41) is 0. The minimum Gasteiger partial charge on any atom is -0.0991 e. The number of rotatable bonds is 2. The highest BCUT2D eigenvalue weighted by Gasteiger charge is 2.13. The molecular formula is C11H18. The predicted molar refractivity (Wildman–Crippen MR) is 50.5 cm³/mol. The molecule has 0 saturated heterocycles. The van der Waals surface area contributed by atoms with Crippen molar-refractivity contribution in [3.63, 3.8) is 0 Å². The van der Waals surface area contributed by atoms with Crippen LogP contribution in [-0.2, 0) is 0 Å². The van der Waals surface area contributed by atoms with Crippen molar-refractivity contribution < 1.29 is 0 Å². The maximum Gasteiger partial charge on any atom is -0.0203 e. The molecule has 1 fully saturated rings. The van der Waals surface area contributed by atoms with Crippen molar-refractivity contribution in [1.29, 1.82) is 0 Å². The Hall–Kier alpha value is -0.520. The number of hydrogen-bond donors (Lipinski definition) is 0. The quantitative estimate of drug-likeness (QED) is 0.526. The average molecular weight is 150 g/mol. The Morgan fingerprint density at radius 2 is 1.91 bits per heavy atom. The van der Waals surface area contributed by atoms with Gasteiger partial charge in [-0.1, -0.05) is 43.6 Å². The van der Waals surface area contributed by atoms with E-state index in [1.165, 1.54) is 37.7 Å². The first-order chi connectivity index (χ1) is 5.34. The summed E-state index contributed by atoms with van der Waals surface area (Å²) in [6, 6.07) is 0. The monoisotopic (exact) mass is 150 g/mol. The van der Waals surface area contributed by atoms with E-state index in [9.17, 15) is 0 Å². The molecule has 1 saturated carbocycles. The standard InChI is InChI=1S/C11H18/c1-3-7-10(2)11-8-5-4-6-9-11/h3,7,11H,1,4-6,8-9H2,2H3/b10-7-. The normalized spacial score (nSPS) is 21.7. The molecule has 1 rings (SSSR count). The van der Waals surface area contributed by atoms with Gasteiger partial charge in [0.25, 0.3) is 0 Å². The van der Waals surface area contributed by atoms with Crippen molar-refractivity contribution in [2.45, 2.75) is 39.0 Å². The molecular weight excluding hydrogens is 132 g/mol. The molecule has 0 aliphatic heterocycles. The van der Waals surface area contributed by atoms with Gasteiger partial charge in [-0.2, -0.15) is 0 Å². The Labute approximate surface area is 70.0 Å². The highest BCUT2D eigenvalue weighted by atomic mass is 14.2. The molecule has 0 heterocycles. The fourth-order valence-electron chi connectivity index (χ4n) is 1.88. The van der Waals surface area contributed by atoms with Crippen LogP contribution in [0.4, 0.5) is 0 Å². The van der Waals surface area contributed by atoms with Gasteiger partial charge < -0.3 is 0 Å². The van der Waals surface area contributed by atoms with E-state index < -0.39 is 0 Å². The summed E-state index contributed by atoms with van der Waals surface area (Å²) >= 11 is 0. The number of hydrogen-bond acceptors (Lipinski definition) is 0. The lowest BCUT2D eigenvalue weighted by Gasteiger charge is -2.21. The number of allylic oxidation sites excluding steroid dienone is 3. The summed E-state index contributed by atoms with van der Waals surface area (Å²) in [6.45, 7) is 5.95. The Balaban J connectivity index is 2.44. The van der Waals surface area contributed by atoms with E-state index in [1.54, 1.807) is 0 Å². The molecule has 0 aromatic carbocycles. The summed E-state index contributed by atoms with van der Waals surface area (Å²) in [6.07, 6.45) is 11.2. The van der Waals surface area contributed by atoms with Gasteiger partial charge in [0.05, 0.1) is 0 Å². The van der Waals surface area contributed by atoms with Crippen molar-refractivity contribution >= 4 is 0 Å². The molecule has 0 nitrogen and oxygen atoms in total. The predicted octanol–water partition coefficient (Wildman–Crippen LogP) is 3.70. The van der Waals surface area contributed by atoms with Gasteiger partial charge in [-0.05, 0) is 25.7 Å². The molecule has 0 spiro atoms. The maximum absolute atomic E-state index is 3.72. The Kier molecular flexibility index (Phi) is 3.41. The Morgan fingerprint density at radius 3 is 2.45 bits per heavy atom. The lowest BCUT2D eigenvalue weighted by atomic mass is 9.84. The van der Waals surface area contributed by atoms with Crippen LogP contribution in [0, 0.1) is 5.92 Å². The van der Waals surface area contributed by atoms with Crippen LogP contribution in [0.2, 0.25) is 0 Å². The van der Waals surface area contributed by atoms with Gasteiger partial charge in [0.1, 0.15) is 0 Å². The molecule has 1 aliphatic carbocycles. The highest BCUT2D eigenvalue weighted by molar-refractivity contribution is 5.11. The second-order valence-electron chi connectivity index (χ2n) is 3.48. The van der Waals surface area contributed by atoms with Crippen LogP contribution >= 0.6 is 0 Å². The molecule has 0 bridgehead atoms. The molecule has 0 N–H and O–H groups in total. The van der Waals surface area contributed by atoms with E-state index in [-0.39, 0.29) is 0 Å². The van der Waals surface area contributed by atoms with E-state index in [0.717, 1.165) is 5.92 Å². The van der Waals surface area contributed by atoms with Gasteiger partial charge in [0, 0.05) is 0 Å². The second kappa shape index (κ2) is 4.38. The van der Waals surface area contributed by atoms with Crippen molar-refractivity contribution in [3.05, 3.63) is 24.3 Å².